The summed E-state index contributed by atoms with van der Waals surface area (Å²) in [5.74, 6) is 1.78. The van der Waals surface area contributed by atoms with Crippen LogP contribution in [0.5, 0.6) is 17.2 Å². The Morgan fingerprint density at radius 1 is 1.23 bits per heavy atom. The fourth-order valence-electron chi connectivity index (χ4n) is 2.35. The van der Waals surface area contributed by atoms with Crippen LogP contribution in [0.3, 0.4) is 0 Å². The van der Waals surface area contributed by atoms with Crippen LogP contribution in [0.4, 0.5) is 5.69 Å². The van der Waals surface area contributed by atoms with E-state index in [1.54, 1.807) is 31.8 Å². The van der Waals surface area contributed by atoms with Gasteiger partial charge in [0.15, 0.2) is 17.7 Å². The van der Waals surface area contributed by atoms with E-state index >= 15 is 0 Å². The Morgan fingerprint density at radius 3 is 2.65 bits per heavy atom. The molecule has 1 heterocycles. The van der Waals surface area contributed by atoms with Crippen molar-refractivity contribution in [1.82, 2.24) is 14.9 Å². The minimum Gasteiger partial charge on any atom is -0.493 e. The Morgan fingerprint density at radius 2 is 2.04 bits per heavy atom. The van der Waals surface area contributed by atoms with Gasteiger partial charge in [0.2, 0.25) is 11.7 Å². The van der Waals surface area contributed by atoms with Crippen molar-refractivity contribution < 1.29 is 14.2 Å². The summed E-state index contributed by atoms with van der Waals surface area (Å²) in [6.45, 7) is 1.33. The Labute approximate surface area is 152 Å². The number of nitriles is 1. The molecule has 0 saturated carbocycles. The SMILES string of the molecule is COc1ccc(NC(=NCCCn2ccnc2)NC#N)c(OC)c1OC. The van der Waals surface area contributed by atoms with E-state index < -0.39 is 0 Å². The molecule has 138 valence electrons. The summed E-state index contributed by atoms with van der Waals surface area (Å²) >= 11 is 0. The van der Waals surface area contributed by atoms with Gasteiger partial charge in [-0.15, -0.1) is 0 Å². The highest BCUT2D eigenvalue weighted by Gasteiger charge is 2.16. The Bertz CT molecular complexity index is 768. The van der Waals surface area contributed by atoms with Crippen molar-refractivity contribution in [3.05, 3.63) is 30.9 Å². The molecule has 0 atom stereocenters. The van der Waals surface area contributed by atoms with Gasteiger partial charge in [-0.05, 0) is 18.6 Å². The van der Waals surface area contributed by atoms with E-state index in [1.807, 2.05) is 17.0 Å². The highest BCUT2D eigenvalue weighted by Crippen LogP contribution is 2.42. The first-order valence-corrected chi connectivity index (χ1v) is 7.94. The molecule has 0 aliphatic carbocycles. The molecule has 9 heteroatoms. The van der Waals surface area contributed by atoms with Gasteiger partial charge in [-0.1, -0.05) is 0 Å². The highest BCUT2D eigenvalue weighted by molar-refractivity contribution is 5.96. The molecular formula is C17H22N6O3. The van der Waals surface area contributed by atoms with Gasteiger partial charge in [-0.2, -0.15) is 5.26 Å². The number of aliphatic imine (C=N–C) groups is 1. The van der Waals surface area contributed by atoms with E-state index in [4.69, 9.17) is 19.5 Å². The first kappa shape index (κ1) is 18.9. The zero-order chi connectivity index (χ0) is 18.8. The number of anilines is 1. The maximum atomic E-state index is 8.96. The van der Waals surface area contributed by atoms with E-state index in [0.717, 1.165) is 13.0 Å². The van der Waals surface area contributed by atoms with E-state index in [1.165, 1.54) is 14.2 Å². The number of imidazole rings is 1. The quantitative estimate of drug-likeness (QED) is 0.244. The van der Waals surface area contributed by atoms with Crippen molar-refractivity contribution in [1.29, 1.82) is 5.26 Å². The van der Waals surface area contributed by atoms with Crippen LogP contribution in [-0.2, 0) is 6.54 Å². The second kappa shape index (κ2) is 9.78. The Kier molecular flexibility index (Phi) is 7.12. The first-order valence-electron chi connectivity index (χ1n) is 7.94. The summed E-state index contributed by atoms with van der Waals surface area (Å²) in [6.07, 6.45) is 8.06. The van der Waals surface area contributed by atoms with Gasteiger partial charge in [0.1, 0.15) is 0 Å². The first-order chi connectivity index (χ1) is 12.7. The predicted molar refractivity (Wildman–Crippen MR) is 97.6 cm³/mol. The molecule has 1 aromatic carbocycles. The van der Waals surface area contributed by atoms with Crippen molar-refractivity contribution in [3.8, 4) is 23.4 Å². The summed E-state index contributed by atoms with van der Waals surface area (Å²) in [7, 11) is 4.61. The number of methoxy groups -OCH3 is 3. The average molecular weight is 358 g/mol. The number of nitrogens with zero attached hydrogens (tertiary/aromatic N) is 4. The van der Waals surface area contributed by atoms with E-state index in [-0.39, 0.29) is 0 Å². The molecule has 0 aliphatic rings. The minimum absolute atomic E-state index is 0.323. The molecule has 26 heavy (non-hydrogen) atoms. The van der Waals surface area contributed by atoms with Crippen molar-refractivity contribution in [2.45, 2.75) is 13.0 Å². The number of guanidine groups is 1. The van der Waals surface area contributed by atoms with E-state index in [0.29, 0.717) is 35.4 Å². The molecule has 9 nitrogen and oxygen atoms in total. The van der Waals surface area contributed by atoms with Crippen LogP contribution in [0, 0.1) is 11.5 Å². The summed E-state index contributed by atoms with van der Waals surface area (Å²) in [5, 5.41) is 14.6. The molecule has 0 amide bonds. The molecule has 0 aliphatic heterocycles. The topological polar surface area (TPSA) is 106 Å². The van der Waals surface area contributed by atoms with Crippen LogP contribution in [0.1, 0.15) is 6.42 Å². The third-order valence-corrected chi connectivity index (χ3v) is 3.54. The van der Waals surface area contributed by atoms with Crippen LogP contribution in [0.15, 0.2) is 35.8 Å². The third kappa shape index (κ3) is 4.80. The third-order valence-electron chi connectivity index (χ3n) is 3.54. The fraction of sp³-hybridized carbons (Fsp3) is 0.353. The number of ether oxygens (including phenoxy) is 3. The molecular weight excluding hydrogens is 336 g/mol. The molecule has 0 spiro atoms. The standard InChI is InChI=1S/C17H22N6O3/c1-24-14-6-5-13(15(25-2)16(14)26-3)22-17(21-11-18)20-7-4-9-23-10-8-19-12-23/h5-6,8,10,12H,4,7,9H2,1-3H3,(H2,20,21,22). The molecule has 0 saturated heterocycles. The monoisotopic (exact) mass is 358 g/mol. The van der Waals surface area contributed by atoms with E-state index in [9.17, 15) is 0 Å². The summed E-state index contributed by atoms with van der Waals surface area (Å²) < 4.78 is 18.0. The zero-order valence-corrected chi connectivity index (χ0v) is 15.0. The lowest BCUT2D eigenvalue weighted by molar-refractivity contribution is 0.325. The smallest absolute Gasteiger partial charge is 0.209 e. The molecule has 0 bridgehead atoms. The lowest BCUT2D eigenvalue weighted by Gasteiger charge is -2.17. The van der Waals surface area contributed by atoms with Crippen LogP contribution in [0.25, 0.3) is 0 Å². The van der Waals surface area contributed by atoms with Crippen LogP contribution >= 0.6 is 0 Å². The fourth-order valence-corrected chi connectivity index (χ4v) is 2.35. The average Bonchev–Trinajstić information content (AvgIpc) is 3.18. The van der Waals surface area contributed by atoms with Crippen LogP contribution < -0.4 is 24.8 Å². The number of benzene rings is 1. The lowest BCUT2D eigenvalue weighted by Crippen LogP contribution is -2.27. The number of hydrogen-bond donors (Lipinski definition) is 2. The van der Waals surface area contributed by atoms with Crippen molar-refractivity contribution in [2.24, 2.45) is 4.99 Å². The van der Waals surface area contributed by atoms with Gasteiger partial charge in [0.25, 0.3) is 0 Å². The normalized spacial score (nSPS) is 10.8. The predicted octanol–water partition coefficient (Wildman–Crippen LogP) is 1.84. The molecule has 0 fully saturated rings. The van der Waals surface area contributed by atoms with Gasteiger partial charge in [0.05, 0.1) is 33.3 Å². The maximum Gasteiger partial charge on any atom is 0.209 e. The van der Waals surface area contributed by atoms with Crippen LogP contribution in [0.2, 0.25) is 0 Å². The van der Waals surface area contributed by atoms with Crippen molar-refractivity contribution in [2.75, 3.05) is 33.2 Å². The minimum atomic E-state index is 0.323. The number of hydrogen-bond acceptors (Lipinski definition) is 6. The van der Waals surface area contributed by atoms with Gasteiger partial charge in [-0.25, -0.2) is 4.98 Å². The summed E-state index contributed by atoms with van der Waals surface area (Å²) in [5.41, 5.74) is 0.598. The zero-order valence-electron chi connectivity index (χ0n) is 15.0. The van der Waals surface area contributed by atoms with Crippen molar-refractivity contribution in [3.63, 3.8) is 0 Å². The maximum absolute atomic E-state index is 8.96. The van der Waals surface area contributed by atoms with Gasteiger partial charge in [0, 0.05) is 25.5 Å². The Balaban J connectivity index is 2.11. The Hall–Kier alpha value is -3.41. The molecule has 2 aromatic rings. The molecule has 0 radical (unpaired) electrons. The second-order valence-electron chi connectivity index (χ2n) is 5.13. The number of rotatable bonds is 8. The van der Waals surface area contributed by atoms with Gasteiger partial charge >= 0.3 is 0 Å². The largest absolute Gasteiger partial charge is 0.493 e. The number of aromatic nitrogens is 2. The second-order valence-corrected chi connectivity index (χ2v) is 5.13. The number of nitrogens with one attached hydrogen (secondary N) is 2. The summed E-state index contributed by atoms with van der Waals surface area (Å²) in [4.78, 5) is 8.39. The number of aryl methyl sites for hydroxylation is 1. The molecule has 1 aromatic heterocycles. The molecule has 0 unspecified atom stereocenters. The van der Waals surface area contributed by atoms with Gasteiger partial charge < -0.3 is 24.1 Å². The summed E-state index contributed by atoms with van der Waals surface area (Å²) in [6, 6.07) is 3.51. The van der Waals surface area contributed by atoms with Gasteiger partial charge in [-0.3, -0.25) is 10.3 Å². The van der Waals surface area contributed by atoms with E-state index in [2.05, 4.69) is 20.6 Å². The highest BCUT2D eigenvalue weighted by atomic mass is 16.5. The molecule has 2 N–H and O–H groups in total. The lowest BCUT2D eigenvalue weighted by atomic mass is 10.2. The van der Waals surface area contributed by atoms with Crippen molar-refractivity contribution >= 4 is 11.6 Å². The van der Waals surface area contributed by atoms with Crippen LogP contribution in [-0.4, -0.2) is 43.4 Å². The molecule has 2 rings (SSSR count).